The molecule has 0 aromatic heterocycles. The minimum atomic E-state index is -0.425. The summed E-state index contributed by atoms with van der Waals surface area (Å²) in [5.74, 6) is -0.425. The van der Waals surface area contributed by atoms with Crippen molar-refractivity contribution in [1.82, 2.24) is 0 Å². The molecule has 0 amide bonds. The van der Waals surface area contributed by atoms with Gasteiger partial charge in [0.1, 0.15) is 6.10 Å². The van der Waals surface area contributed by atoms with Crippen LogP contribution in [0.1, 0.15) is 32.1 Å². The highest BCUT2D eigenvalue weighted by atomic mass is 16.7. The van der Waals surface area contributed by atoms with Crippen LogP contribution in [0.3, 0.4) is 0 Å². The minimum absolute atomic E-state index is 0.143. The molecule has 2 rings (SSSR count). The summed E-state index contributed by atoms with van der Waals surface area (Å²) in [7, 11) is 0. The molecule has 3 atom stereocenters. The van der Waals surface area contributed by atoms with Crippen molar-refractivity contribution in [2.75, 3.05) is 0 Å². The molecular weight excluding hydrogens is 192 g/mol. The molecular formula is C12H18O3. The lowest BCUT2D eigenvalue weighted by molar-refractivity contribution is -0.299. The molecule has 2 aliphatic rings. The Balaban J connectivity index is 2.03. The fraction of sp³-hybridized carbons (Fsp3) is 0.667. The lowest BCUT2D eigenvalue weighted by Crippen LogP contribution is -2.51. The summed E-state index contributed by atoms with van der Waals surface area (Å²) in [6.45, 7) is 7.19. The van der Waals surface area contributed by atoms with E-state index in [-0.39, 0.29) is 12.2 Å². The predicted octanol–water partition coefficient (Wildman–Crippen LogP) is 2.73. The molecule has 15 heavy (non-hydrogen) atoms. The molecule has 3 unspecified atom stereocenters. The Bertz CT molecular complexity index is 251. The van der Waals surface area contributed by atoms with Crippen LogP contribution in [-0.2, 0) is 14.2 Å². The smallest absolute Gasteiger partial charge is 0.210 e. The van der Waals surface area contributed by atoms with Gasteiger partial charge in [0, 0.05) is 12.8 Å². The molecule has 2 bridgehead atoms. The van der Waals surface area contributed by atoms with E-state index in [1.165, 1.54) is 12.5 Å². The van der Waals surface area contributed by atoms with Gasteiger partial charge in [-0.25, -0.2) is 0 Å². The Morgan fingerprint density at radius 3 is 2.80 bits per heavy atom. The van der Waals surface area contributed by atoms with Crippen LogP contribution in [0.4, 0.5) is 0 Å². The third kappa shape index (κ3) is 2.02. The third-order valence-corrected chi connectivity index (χ3v) is 3.21. The zero-order valence-electron chi connectivity index (χ0n) is 8.98. The van der Waals surface area contributed by atoms with Gasteiger partial charge in [0.25, 0.3) is 0 Å². The zero-order chi connectivity index (χ0) is 10.7. The van der Waals surface area contributed by atoms with Crippen molar-refractivity contribution in [2.24, 2.45) is 0 Å². The van der Waals surface area contributed by atoms with Crippen molar-refractivity contribution >= 4 is 0 Å². The molecule has 0 aromatic carbocycles. The molecule has 2 heterocycles. The topological polar surface area (TPSA) is 27.7 Å². The van der Waals surface area contributed by atoms with Gasteiger partial charge in [-0.2, -0.15) is 0 Å². The maximum atomic E-state index is 5.95. The van der Waals surface area contributed by atoms with Crippen LogP contribution in [0, 0.1) is 0 Å². The van der Waals surface area contributed by atoms with E-state index in [1.54, 1.807) is 0 Å². The summed E-state index contributed by atoms with van der Waals surface area (Å²) in [5.41, 5.74) is 0. The van der Waals surface area contributed by atoms with E-state index in [4.69, 9.17) is 14.2 Å². The van der Waals surface area contributed by atoms with Gasteiger partial charge in [-0.05, 0) is 19.3 Å². The van der Waals surface area contributed by atoms with Crippen LogP contribution in [-0.4, -0.2) is 18.0 Å². The average Bonchev–Trinajstić information content (AvgIpc) is 2.24. The Morgan fingerprint density at radius 1 is 1.20 bits per heavy atom. The number of ether oxygens (including phenoxy) is 3. The van der Waals surface area contributed by atoms with Gasteiger partial charge in [0.15, 0.2) is 0 Å². The summed E-state index contributed by atoms with van der Waals surface area (Å²) in [4.78, 5) is 0. The first-order valence-corrected chi connectivity index (χ1v) is 5.52. The maximum absolute atomic E-state index is 5.95. The molecule has 84 valence electrons. The number of rotatable bonds is 4. The normalized spacial score (nSPS) is 39.2. The fourth-order valence-electron chi connectivity index (χ4n) is 2.54. The molecule has 0 spiro atoms. The molecule has 2 saturated heterocycles. The summed E-state index contributed by atoms with van der Waals surface area (Å²) in [6.07, 6.45) is 8.22. The Morgan fingerprint density at radius 2 is 2.07 bits per heavy atom. The molecule has 0 saturated carbocycles. The molecule has 2 aliphatic heterocycles. The van der Waals surface area contributed by atoms with Crippen molar-refractivity contribution in [3.05, 3.63) is 25.7 Å². The monoisotopic (exact) mass is 210 g/mol. The van der Waals surface area contributed by atoms with Crippen LogP contribution >= 0.6 is 0 Å². The molecule has 0 aromatic rings. The van der Waals surface area contributed by atoms with E-state index < -0.39 is 5.79 Å². The van der Waals surface area contributed by atoms with Crippen LogP contribution in [0.15, 0.2) is 25.7 Å². The van der Waals surface area contributed by atoms with Crippen LogP contribution < -0.4 is 0 Å². The van der Waals surface area contributed by atoms with Crippen molar-refractivity contribution in [2.45, 2.75) is 50.1 Å². The highest BCUT2D eigenvalue weighted by molar-refractivity contribution is 4.90. The van der Waals surface area contributed by atoms with Crippen molar-refractivity contribution in [3.8, 4) is 0 Å². The Kier molecular flexibility index (Phi) is 3.00. The van der Waals surface area contributed by atoms with Crippen molar-refractivity contribution < 1.29 is 14.2 Å². The van der Waals surface area contributed by atoms with Crippen LogP contribution in [0.5, 0.6) is 0 Å². The third-order valence-electron chi connectivity index (χ3n) is 3.21. The first kappa shape index (κ1) is 10.6. The lowest BCUT2D eigenvalue weighted by atomic mass is 9.87. The van der Waals surface area contributed by atoms with E-state index in [1.807, 2.05) is 0 Å². The Labute approximate surface area is 90.7 Å². The van der Waals surface area contributed by atoms with Gasteiger partial charge in [-0.1, -0.05) is 13.2 Å². The van der Waals surface area contributed by atoms with Crippen LogP contribution in [0.2, 0.25) is 0 Å². The van der Waals surface area contributed by atoms with Gasteiger partial charge in [-0.3, -0.25) is 0 Å². The summed E-state index contributed by atoms with van der Waals surface area (Å²) in [6, 6.07) is 0. The number of hydrogen-bond donors (Lipinski definition) is 0. The van der Waals surface area contributed by atoms with Gasteiger partial charge in [-0.15, -0.1) is 0 Å². The van der Waals surface area contributed by atoms with Crippen molar-refractivity contribution in [3.63, 3.8) is 0 Å². The van der Waals surface area contributed by atoms with Crippen molar-refractivity contribution in [1.29, 1.82) is 0 Å². The highest BCUT2D eigenvalue weighted by Crippen LogP contribution is 2.41. The first-order chi connectivity index (χ1) is 7.29. The summed E-state index contributed by atoms with van der Waals surface area (Å²) in [5, 5.41) is 0. The first-order valence-electron chi connectivity index (χ1n) is 5.52. The van der Waals surface area contributed by atoms with E-state index >= 15 is 0 Å². The minimum Gasteiger partial charge on any atom is -0.496 e. The molecule has 0 N–H and O–H groups in total. The fourth-order valence-corrected chi connectivity index (χ4v) is 2.54. The standard InChI is InChI=1S/C12H18O3/c1-3-13-10-7-9-12(14-4-2)8-5-6-11(10)15-12/h3-4,10-11H,1-2,5-9H2. The molecule has 0 radical (unpaired) electrons. The molecule has 0 aliphatic carbocycles. The summed E-state index contributed by atoms with van der Waals surface area (Å²) < 4.78 is 16.9. The molecule has 3 heteroatoms. The second-order valence-electron chi connectivity index (χ2n) is 4.12. The highest BCUT2D eigenvalue weighted by Gasteiger charge is 2.46. The summed E-state index contributed by atoms with van der Waals surface area (Å²) >= 11 is 0. The molecule has 2 fully saturated rings. The van der Waals surface area contributed by atoms with E-state index in [0.29, 0.717) is 0 Å². The van der Waals surface area contributed by atoms with E-state index in [2.05, 4.69) is 13.2 Å². The van der Waals surface area contributed by atoms with E-state index in [9.17, 15) is 0 Å². The Hall–Kier alpha value is -0.960. The largest absolute Gasteiger partial charge is 0.496 e. The van der Waals surface area contributed by atoms with Gasteiger partial charge in [0.05, 0.1) is 18.6 Å². The second kappa shape index (κ2) is 4.27. The van der Waals surface area contributed by atoms with Gasteiger partial charge in [0.2, 0.25) is 5.79 Å². The average molecular weight is 210 g/mol. The van der Waals surface area contributed by atoms with Gasteiger partial charge >= 0.3 is 0 Å². The zero-order valence-corrected chi connectivity index (χ0v) is 8.98. The number of fused-ring (bicyclic) bond motifs is 2. The SMILES string of the molecule is C=COC1CCC2(OC=C)CCCC1O2. The lowest BCUT2D eigenvalue weighted by Gasteiger charge is -2.46. The predicted molar refractivity (Wildman–Crippen MR) is 57.0 cm³/mol. The molecule has 3 nitrogen and oxygen atoms in total. The van der Waals surface area contributed by atoms with Crippen LogP contribution in [0.25, 0.3) is 0 Å². The second-order valence-corrected chi connectivity index (χ2v) is 4.12. The quantitative estimate of drug-likeness (QED) is 0.668. The number of hydrogen-bond acceptors (Lipinski definition) is 3. The van der Waals surface area contributed by atoms with Gasteiger partial charge < -0.3 is 14.2 Å². The maximum Gasteiger partial charge on any atom is 0.210 e. The van der Waals surface area contributed by atoms with E-state index in [0.717, 1.165) is 32.1 Å².